The van der Waals surface area contributed by atoms with Gasteiger partial charge in [0, 0.05) is 48.5 Å². The average Bonchev–Trinajstić information content (AvgIpc) is 2.90. The molecule has 0 amide bonds. The Morgan fingerprint density at radius 2 is 0.295 bits per heavy atom. The van der Waals surface area contributed by atoms with Crippen molar-refractivity contribution in [3.05, 3.63) is 122 Å². The van der Waals surface area contributed by atoms with Gasteiger partial charge in [0.1, 0.15) is 0 Å². The Labute approximate surface area is 257 Å². The van der Waals surface area contributed by atoms with Gasteiger partial charge in [-0.15, -0.1) is 41.0 Å². The molecule has 4 aromatic heterocycles. The fraction of sp³-hybridized carbons (Fsp3) is 0. The zero-order valence-corrected chi connectivity index (χ0v) is 24.6. The number of pyridine rings is 4. The number of aromatic nitrogens is 4. The van der Waals surface area contributed by atoms with E-state index in [9.17, 15) is 0 Å². The van der Waals surface area contributed by atoms with E-state index in [4.69, 9.17) is 74.5 Å². The Bertz CT molecular complexity index is 746. The van der Waals surface area contributed by atoms with Crippen LogP contribution in [0.1, 0.15) is 0 Å². The van der Waals surface area contributed by atoms with Gasteiger partial charge in [0.25, 0.3) is 0 Å². The Kier molecular flexibility index (Phi) is 32.9. The lowest BCUT2D eigenvalue weighted by Gasteiger charge is -2.17. The van der Waals surface area contributed by atoms with Crippen LogP contribution in [0.2, 0.25) is 0 Å². The zero-order chi connectivity index (χ0) is 35.0. The van der Waals surface area contributed by atoms with Crippen LogP contribution in [-0.2, 0) is 0 Å². The van der Waals surface area contributed by atoms with Gasteiger partial charge in [0.15, 0.2) is 49.6 Å². The normalized spacial score (nSPS) is 9.82. The van der Waals surface area contributed by atoms with Crippen molar-refractivity contribution in [1.82, 2.24) is 0 Å². The van der Waals surface area contributed by atoms with Crippen molar-refractivity contribution in [3.63, 3.8) is 0 Å². The maximum atomic E-state index is 8.49. The lowest BCUT2D eigenvalue weighted by molar-refractivity contribution is -2.00. The van der Waals surface area contributed by atoms with Crippen LogP contribution in [0.3, 0.4) is 0 Å². The quantitative estimate of drug-likeness (QED) is 0.163. The number of nitrogens with one attached hydrogen (secondary N) is 4. The van der Waals surface area contributed by atoms with Gasteiger partial charge in [-0.25, -0.2) is 94.5 Å². The summed E-state index contributed by atoms with van der Waals surface area (Å²) < 4.78 is 136. The summed E-state index contributed by atoms with van der Waals surface area (Å²) in [5.74, 6) is 0. The van der Waals surface area contributed by atoms with Crippen molar-refractivity contribution >= 4 is 0 Å². The minimum atomic E-state index is -4.94. The maximum Gasteiger partial charge on any atom is 0.166 e. The molecule has 0 aliphatic heterocycles. The molecule has 0 atom stereocenters. The van der Waals surface area contributed by atoms with Crippen LogP contribution < -0.4 is 94.5 Å². The summed E-state index contributed by atoms with van der Waals surface area (Å²) in [6.07, 6.45) is 15.0. The van der Waals surface area contributed by atoms with Gasteiger partial charge in [-0.1, -0.05) is 24.3 Å². The second-order valence-electron chi connectivity index (χ2n) is 5.82. The Morgan fingerprint density at radius 1 is 0.205 bits per heavy atom. The third-order valence-electron chi connectivity index (χ3n) is 2.43. The van der Waals surface area contributed by atoms with E-state index in [0.29, 0.717) is 0 Å². The van der Waals surface area contributed by atoms with Gasteiger partial charge in [0.05, 0.1) is 0 Å². The highest BCUT2D eigenvalue weighted by Gasteiger charge is 1.85. The first kappa shape index (κ1) is 48.0. The first-order valence-corrected chi connectivity index (χ1v) is 15.0. The number of H-pyrrole nitrogens is 4. The highest BCUT2D eigenvalue weighted by atomic mass is 35.7. The van der Waals surface area contributed by atoms with E-state index in [1.54, 1.807) is 0 Å². The lowest BCUT2D eigenvalue weighted by Crippen LogP contribution is -2.68. The first-order valence-electron chi connectivity index (χ1n) is 10.1. The monoisotopic (exact) mass is 716 g/mol. The molecular weight excluding hydrogens is 694 g/mol. The minimum absolute atomic E-state index is 1.88. The molecule has 0 spiro atoms. The Balaban J connectivity index is -0.000000208. The van der Waals surface area contributed by atoms with Crippen LogP contribution in [0.5, 0.6) is 0 Å². The number of rotatable bonds is 0. The van der Waals surface area contributed by atoms with Crippen molar-refractivity contribution in [1.29, 1.82) is 0 Å². The molecule has 4 rings (SSSR count). The molecule has 0 saturated heterocycles. The minimum Gasteiger partial charge on any atom is -0.222 e. The van der Waals surface area contributed by atoms with Crippen LogP contribution in [0.4, 0.5) is 0 Å². The average molecular weight is 718 g/mol. The van der Waals surface area contributed by atoms with E-state index in [0.717, 1.165) is 0 Å². The molecule has 24 heteroatoms. The van der Waals surface area contributed by atoms with Gasteiger partial charge in [-0.05, 0) is 0 Å². The van der Waals surface area contributed by atoms with Crippen molar-refractivity contribution in [2.75, 3.05) is 0 Å². The summed E-state index contributed by atoms with van der Waals surface area (Å²) in [5.41, 5.74) is 0. The fourth-order valence-electron chi connectivity index (χ4n) is 1.37. The first-order chi connectivity index (χ1) is 20.0. The fourth-order valence-corrected chi connectivity index (χ4v) is 1.37. The third kappa shape index (κ3) is 127. The molecule has 0 aliphatic rings. The molecule has 0 aliphatic carbocycles. The van der Waals surface area contributed by atoms with Gasteiger partial charge >= 0.3 is 0 Å². The standard InChI is InChI=1S/4C5H5N.4ClHO4/c4*1-2-4-6-5-3-1;4*2-1(3,4)5/h4*1-5H;4*(H,2,3,4,5). The summed E-state index contributed by atoms with van der Waals surface area (Å²) in [6, 6.07) is 23.4. The van der Waals surface area contributed by atoms with Crippen molar-refractivity contribution in [3.8, 4) is 0 Å². The summed E-state index contributed by atoms with van der Waals surface area (Å²) >= 11 is 0. The second kappa shape index (κ2) is 30.2. The van der Waals surface area contributed by atoms with E-state index in [-0.39, 0.29) is 0 Å². The van der Waals surface area contributed by atoms with E-state index < -0.39 is 41.0 Å². The van der Waals surface area contributed by atoms with Gasteiger partial charge in [-0.2, -0.15) is 0 Å². The van der Waals surface area contributed by atoms with Crippen LogP contribution in [0, 0.1) is 41.0 Å². The molecule has 0 aromatic carbocycles. The molecule has 4 heterocycles. The molecule has 20 nitrogen and oxygen atoms in total. The highest BCUT2D eigenvalue weighted by molar-refractivity contribution is 4.84. The van der Waals surface area contributed by atoms with E-state index in [1.165, 1.54) is 0 Å². The van der Waals surface area contributed by atoms with Gasteiger partial charge in [-0.3, -0.25) is 0 Å². The number of aromatic amines is 4. The molecule has 4 N–H and O–H groups in total. The van der Waals surface area contributed by atoms with Crippen molar-refractivity contribution < 1.29 is 135 Å². The van der Waals surface area contributed by atoms with Crippen LogP contribution in [0.15, 0.2) is 122 Å². The molecule has 4 aromatic rings. The van der Waals surface area contributed by atoms with E-state index >= 15 is 0 Å². The summed E-state index contributed by atoms with van der Waals surface area (Å²) in [6.45, 7) is 0. The van der Waals surface area contributed by atoms with Crippen LogP contribution >= 0.6 is 0 Å². The molecular formula is C20H24Cl4N4O16. The van der Waals surface area contributed by atoms with Crippen molar-refractivity contribution in [2.45, 2.75) is 0 Å². The molecule has 248 valence electrons. The van der Waals surface area contributed by atoms with Crippen LogP contribution in [-0.4, -0.2) is 0 Å². The smallest absolute Gasteiger partial charge is 0.166 e. The summed E-state index contributed by atoms with van der Waals surface area (Å²) in [5, 5.41) is 0. The number of hydrogen-bond acceptors (Lipinski definition) is 16. The highest BCUT2D eigenvalue weighted by Crippen LogP contribution is 1.70. The lowest BCUT2D eigenvalue weighted by atomic mass is 10.5. The predicted molar refractivity (Wildman–Crippen MR) is 92.0 cm³/mol. The van der Waals surface area contributed by atoms with E-state index in [1.807, 2.05) is 122 Å². The summed E-state index contributed by atoms with van der Waals surface area (Å²) in [4.78, 5) is 11.6. The Hall–Kier alpha value is -2.88. The second-order valence-corrected chi connectivity index (χ2v) is 8.84. The van der Waals surface area contributed by atoms with Crippen molar-refractivity contribution in [2.24, 2.45) is 0 Å². The Morgan fingerprint density at radius 3 is 0.318 bits per heavy atom. The van der Waals surface area contributed by atoms with Gasteiger partial charge in [0.2, 0.25) is 0 Å². The molecule has 0 radical (unpaired) electrons. The molecule has 44 heavy (non-hydrogen) atoms. The predicted octanol–water partition coefficient (Wildman–Crippen LogP) is -17.0. The van der Waals surface area contributed by atoms with Crippen LogP contribution in [0.25, 0.3) is 0 Å². The largest absolute Gasteiger partial charge is 0.222 e. The zero-order valence-electron chi connectivity index (χ0n) is 21.6. The number of halogens is 4. The van der Waals surface area contributed by atoms with E-state index in [2.05, 4.69) is 19.9 Å². The third-order valence-corrected chi connectivity index (χ3v) is 2.43. The molecule has 0 unspecified atom stereocenters. The molecule has 0 fully saturated rings. The topological polar surface area (TPSA) is 426 Å². The van der Waals surface area contributed by atoms with Gasteiger partial charge < -0.3 is 0 Å². The SMILES string of the molecule is [O-][Cl+3]([O-])([O-])[O-].[O-][Cl+3]([O-])([O-])[O-].[O-][Cl+3]([O-])([O-])[O-].[O-][Cl+3]([O-])([O-])[O-].c1cc[nH+]cc1.c1cc[nH+]cc1.c1cc[nH+]cc1.c1cc[nH+]cc1. The molecule has 0 bridgehead atoms. The maximum absolute atomic E-state index is 8.49. The number of hydrogen-bond donors (Lipinski definition) is 0. The summed E-state index contributed by atoms with van der Waals surface area (Å²) in [7, 11) is -19.8. The molecule has 0 saturated carbocycles.